The fourth-order valence-electron chi connectivity index (χ4n) is 3.45. The van der Waals surface area contributed by atoms with Gasteiger partial charge < -0.3 is 10.6 Å². The van der Waals surface area contributed by atoms with Crippen LogP contribution in [0.1, 0.15) is 28.2 Å². The number of nitrogens with zero attached hydrogens (tertiary/aromatic N) is 4. The van der Waals surface area contributed by atoms with Crippen LogP contribution in [0.2, 0.25) is 0 Å². The summed E-state index contributed by atoms with van der Waals surface area (Å²) in [4.78, 5) is 9.34. The zero-order valence-corrected chi connectivity index (χ0v) is 17.5. The van der Waals surface area contributed by atoms with Crippen molar-refractivity contribution in [2.45, 2.75) is 32.9 Å². The predicted molar refractivity (Wildman–Crippen MR) is 117 cm³/mol. The van der Waals surface area contributed by atoms with Gasteiger partial charge in [-0.05, 0) is 37.1 Å². The SMILES string of the molecule is Cc1nc2c(c(NCc3ccccc3Cn3cccn3)n1)CCNCC2.Cl.Cl. The molecule has 150 valence electrons. The number of aromatic nitrogens is 4. The van der Waals surface area contributed by atoms with Gasteiger partial charge >= 0.3 is 0 Å². The maximum absolute atomic E-state index is 4.68. The molecule has 6 nitrogen and oxygen atoms in total. The molecule has 0 unspecified atom stereocenters. The van der Waals surface area contributed by atoms with E-state index in [0.717, 1.165) is 50.7 Å². The summed E-state index contributed by atoms with van der Waals surface area (Å²) < 4.78 is 1.95. The maximum atomic E-state index is 4.68. The minimum Gasteiger partial charge on any atom is -0.366 e. The second-order valence-corrected chi connectivity index (χ2v) is 6.62. The Labute approximate surface area is 178 Å². The number of aryl methyl sites for hydroxylation is 1. The quantitative estimate of drug-likeness (QED) is 0.663. The van der Waals surface area contributed by atoms with E-state index in [1.54, 1.807) is 0 Å². The maximum Gasteiger partial charge on any atom is 0.133 e. The van der Waals surface area contributed by atoms with E-state index in [1.165, 1.54) is 22.4 Å². The molecular weight excluding hydrogens is 395 g/mol. The number of hydrogen-bond donors (Lipinski definition) is 2. The summed E-state index contributed by atoms with van der Waals surface area (Å²) in [5.74, 6) is 1.81. The molecule has 1 aromatic carbocycles. The molecule has 3 aromatic rings. The van der Waals surface area contributed by atoms with Gasteiger partial charge in [0, 0.05) is 37.5 Å². The van der Waals surface area contributed by atoms with Gasteiger partial charge in [0.25, 0.3) is 0 Å². The van der Waals surface area contributed by atoms with Crippen molar-refractivity contribution in [3.8, 4) is 0 Å². The third kappa shape index (κ3) is 5.22. The van der Waals surface area contributed by atoms with E-state index < -0.39 is 0 Å². The van der Waals surface area contributed by atoms with Crippen LogP contribution in [0.3, 0.4) is 0 Å². The molecule has 2 N–H and O–H groups in total. The minimum absolute atomic E-state index is 0. The summed E-state index contributed by atoms with van der Waals surface area (Å²) in [6, 6.07) is 10.4. The highest BCUT2D eigenvalue weighted by Crippen LogP contribution is 2.21. The Morgan fingerprint density at radius 2 is 1.82 bits per heavy atom. The topological polar surface area (TPSA) is 67.7 Å². The van der Waals surface area contributed by atoms with E-state index in [-0.39, 0.29) is 24.8 Å². The number of nitrogens with one attached hydrogen (secondary N) is 2. The van der Waals surface area contributed by atoms with Gasteiger partial charge in [-0.1, -0.05) is 24.3 Å². The van der Waals surface area contributed by atoms with Gasteiger partial charge in [-0.2, -0.15) is 5.10 Å². The van der Waals surface area contributed by atoms with Crippen LogP contribution in [0.5, 0.6) is 0 Å². The summed E-state index contributed by atoms with van der Waals surface area (Å²) in [6.07, 6.45) is 5.73. The molecule has 0 atom stereocenters. The Morgan fingerprint density at radius 3 is 2.61 bits per heavy atom. The van der Waals surface area contributed by atoms with Gasteiger partial charge in [0.05, 0.1) is 12.2 Å². The third-order valence-corrected chi connectivity index (χ3v) is 4.75. The van der Waals surface area contributed by atoms with Crippen molar-refractivity contribution in [2.24, 2.45) is 0 Å². The largest absolute Gasteiger partial charge is 0.366 e. The second-order valence-electron chi connectivity index (χ2n) is 6.62. The Kier molecular flexibility index (Phi) is 8.23. The van der Waals surface area contributed by atoms with E-state index in [4.69, 9.17) is 0 Å². The van der Waals surface area contributed by atoms with Gasteiger partial charge in [0.1, 0.15) is 11.6 Å². The Hall–Kier alpha value is -2.15. The molecule has 0 radical (unpaired) electrons. The fourth-order valence-corrected chi connectivity index (χ4v) is 3.45. The van der Waals surface area contributed by atoms with Gasteiger partial charge in [0.2, 0.25) is 0 Å². The summed E-state index contributed by atoms with van der Waals surface area (Å²) in [5.41, 5.74) is 4.96. The van der Waals surface area contributed by atoms with E-state index in [1.807, 2.05) is 30.1 Å². The zero-order valence-electron chi connectivity index (χ0n) is 15.9. The van der Waals surface area contributed by atoms with Gasteiger partial charge in [0.15, 0.2) is 0 Å². The van der Waals surface area contributed by atoms with Crippen LogP contribution in [0.25, 0.3) is 0 Å². The van der Waals surface area contributed by atoms with Crippen LogP contribution in [0, 0.1) is 6.92 Å². The molecule has 0 aliphatic carbocycles. The lowest BCUT2D eigenvalue weighted by Crippen LogP contribution is -2.16. The molecule has 2 aromatic heterocycles. The monoisotopic (exact) mass is 420 g/mol. The molecule has 0 bridgehead atoms. The lowest BCUT2D eigenvalue weighted by atomic mass is 10.1. The Morgan fingerprint density at radius 1 is 1.04 bits per heavy atom. The molecular formula is C20H26Cl2N6. The first-order chi connectivity index (χ1) is 12.8. The highest BCUT2D eigenvalue weighted by molar-refractivity contribution is 5.85. The molecule has 0 spiro atoms. The molecule has 8 heteroatoms. The van der Waals surface area contributed by atoms with Gasteiger partial charge in [-0.15, -0.1) is 24.8 Å². The number of fused-ring (bicyclic) bond motifs is 1. The highest BCUT2D eigenvalue weighted by Gasteiger charge is 2.15. The number of rotatable bonds is 5. The summed E-state index contributed by atoms with van der Waals surface area (Å²) in [5, 5.41) is 11.3. The van der Waals surface area contributed by atoms with Crippen LogP contribution in [0.4, 0.5) is 5.82 Å². The van der Waals surface area contributed by atoms with Gasteiger partial charge in [-0.3, -0.25) is 4.68 Å². The Balaban J connectivity index is 0.00000140. The Bertz CT molecular complexity index is 882. The second kappa shape index (κ2) is 10.4. The lowest BCUT2D eigenvalue weighted by molar-refractivity contribution is 0.682. The standard InChI is InChI=1S/C20H24N6.2ClH/c1-15-24-19-8-11-21-10-7-18(19)20(25-15)22-13-16-5-2-3-6-17(16)14-26-12-4-9-23-26;;/h2-6,9,12,21H,7-8,10-11,13-14H2,1H3,(H,22,24,25);2*1H. The van der Waals surface area contributed by atoms with E-state index in [9.17, 15) is 0 Å². The van der Waals surface area contributed by atoms with Crippen LogP contribution in [-0.2, 0) is 25.9 Å². The molecule has 0 amide bonds. The molecule has 0 saturated carbocycles. The molecule has 0 saturated heterocycles. The van der Waals surface area contributed by atoms with Crippen LogP contribution < -0.4 is 10.6 Å². The third-order valence-electron chi connectivity index (χ3n) is 4.75. The fraction of sp³-hybridized carbons (Fsp3) is 0.350. The van der Waals surface area contributed by atoms with E-state index in [0.29, 0.717) is 0 Å². The first-order valence-electron chi connectivity index (χ1n) is 9.15. The van der Waals surface area contributed by atoms with Crippen LogP contribution >= 0.6 is 24.8 Å². The number of hydrogen-bond acceptors (Lipinski definition) is 5. The van der Waals surface area contributed by atoms with Crippen molar-refractivity contribution in [1.82, 2.24) is 25.1 Å². The smallest absolute Gasteiger partial charge is 0.133 e. The molecule has 1 aliphatic rings. The molecule has 28 heavy (non-hydrogen) atoms. The first-order valence-corrected chi connectivity index (χ1v) is 9.15. The normalized spacial score (nSPS) is 12.9. The summed E-state index contributed by atoms with van der Waals surface area (Å²) in [7, 11) is 0. The van der Waals surface area contributed by atoms with E-state index in [2.05, 4.69) is 50.0 Å². The predicted octanol–water partition coefficient (Wildman–Crippen LogP) is 3.17. The van der Waals surface area contributed by atoms with E-state index >= 15 is 0 Å². The molecule has 1 aliphatic heterocycles. The van der Waals surface area contributed by atoms with Crippen molar-refractivity contribution in [1.29, 1.82) is 0 Å². The van der Waals surface area contributed by atoms with Crippen molar-refractivity contribution in [3.05, 3.63) is 70.9 Å². The summed E-state index contributed by atoms with van der Waals surface area (Å²) >= 11 is 0. The van der Waals surface area contributed by atoms with Crippen molar-refractivity contribution in [2.75, 3.05) is 18.4 Å². The minimum atomic E-state index is 0. The number of benzene rings is 1. The summed E-state index contributed by atoms with van der Waals surface area (Å²) in [6.45, 7) is 5.44. The number of anilines is 1. The molecule has 4 rings (SSSR count). The highest BCUT2D eigenvalue weighted by atomic mass is 35.5. The average molecular weight is 421 g/mol. The van der Waals surface area contributed by atoms with Crippen molar-refractivity contribution < 1.29 is 0 Å². The van der Waals surface area contributed by atoms with Crippen molar-refractivity contribution >= 4 is 30.6 Å². The molecule has 3 heterocycles. The van der Waals surface area contributed by atoms with Gasteiger partial charge in [-0.25, -0.2) is 9.97 Å². The average Bonchev–Trinajstić information content (AvgIpc) is 3.04. The lowest BCUT2D eigenvalue weighted by Gasteiger charge is -2.15. The zero-order chi connectivity index (χ0) is 17.8. The van der Waals surface area contributed by atoms with Crippen LogP contribution in [-0.4, -0.2) is 32.8 Å². The molecule has 0 fully saturated rings. The van der Waals surface area contributed by atoms with Crippen molar-refractivity contribution in [3.63, 3.8) is 0 Å². The number of halogens is 2. The first kappa shape index (κ1) is 22.1. The van der Waals surface area contributed by atoms with Crippen LogP contribution in [0.15, 0.2) is 42.7 Å².